The topological polar surface area (TPSA) is 106 Å². The van der Waals surface area contributed by atoms with Gasteiger partial charge in [0.1, 0.15) is 0 Å². The number of hydrogen-bond donors (Lipinski definition) is 3. The van der Waals surface area contributed by atoms with Crippen LogP contribution in [0.3, 0.4) is 0 Å². The highest BCUT2D eigenvalue weighted by atomic mass is 16.1. The summed E-state index contributed by atoms with van der Waals surface area (Å²) < 4.78 is 0. The Morgan fingerprint density at radius 2 is 2.06 bits per heavy atom. The molecule has 2 heterocycles. The van der Waals surface area contributed by atoms with E-state index in [1.165, 1.54) is 6.07 Å². The van der Waals surface area contributed by atoms with Crippen LogP contribution in [0.2, 0.25) is 0 Å². The number of carbonyl (C=O) groups excluding carboxylic acids is 1. The van der Waals surface area contributed by atoms with Crippen molar-refractivity contribution in [2.24, 2.45) is 5.84 Å². The van der Waals surface area contributed by atoms with E-state index in [-0.39, 0.29) is 11.6 Å². The van der Waals surface area contributed by atoms with Gasteiger partial charge in [0.15, 0.2) is 11.5 Å². The zero-order chi connectivity index (χ0) is 13.0. The van der Waals surface area contributed by atoms with Crippen LogP contribution in [0.15, 0.2) is 30.5 Å². The molecule has 92 valence electrons. The molecule has 4 N–H and O–H groups in total. The fourth-order valence-electron chi connectivity index (χ4n) is 1.27. The van der Waals surface area contributed by atoms with Crippen molar-refractivity contribution in [2.75, 3.05) is 10.7 Å². The van der Waals surface area contributed by atoms with Gasteiger partial charge in [0.05, 0.1) is 11.9 Å². The summed E-state index contributed by atoms with van der Waals surface area (Å²) in [5, 5.41) is 10.1. The molecule has 0 aliphatic rings. The molecule has 0 spiro atoms. The number of nitrogens with zero attached hydrogens (tertiary/aromatic N) is 3. The summed E-state index contributed by atoms with van der Waals surface area (Å²) >= 11 is 0. The normalized spacial score (nSPS) is 9.89. The monoisotopic (exact) mass is 244 g/mol. The standard InChI is InChI=1S/C11H12N6O/c1-7-2-3-8(6-13-7)14-11(18)9-4-5-10(15-12)17-16-9/h2-6H,12H2,1H3,(H,14,18)(H,15,17). The Kier molecular flexibility index (Phi) is 3.44. The van der Waals surface area contributed by atoms with Crippen molar-refractivity contribution in [3.63, 3.8) is 0 Å². The van der Waals surface area contributed by atoms with E-state index < -0.39 is 0 Å². The molecule has 18 heavy (non-hydrogen) atoms. The summed E-state index contributed by atoms with van der Waals surface area (Å²) in [6.45, 7) is 1.87. The molecule has 0 aliphatic heterocycles. The molecule has 0 radical (unpaired) electrons. The Morgan fingerprint density at radius 3 is 2.61 bits per heavy atom. The molecule has 2 aromatic rings. The average molecular weight is 244 g/mol. The first-order chi connectivity index (χ1) is 8.69. The van der Waals surface area contributed by atoms with E-state index in [0.717, 1.165) is 5.69 Å². The lowest BCUT2D eigenvalue weighted by Crippen LogP contribution is -2.16. The number of nitrogen functional groups attached to an aromatic ring is 1. The molecule has 7 nitrogen and oxygen atoms in total. The second kappa shape index (κ2) is 5.19. The van der Waals surface area contributed by atoms with E-state index >= 15 is 0 Å². The first-order valence-electron chi connectivity index (χ1n) is 5.23. The maximum Gasteiger partial charge on any atom is 0.276 e. The summed E-state index contributed by atoms with van der Waals surface area (Å²) in [6, 6.07) is 6.67. The van der Waals surface area contributed by atoms with Gasteiger partial charge in [-0.2, -0.15) is 0 Å². The summed E-state index contributed by atoms with van der Waals surface area (Å²) in [5.41, 5.74) is 4.02. The van der Waals surface area contributed by atoms with Crippen molar-refractivity contribution in [2.45, 2.75) is 6.92 Å². The number of aryl methyl sites for hydroxylation is 1. The van der Waals surface area contributed by atoms with Crippen molar-refractivity contribution in [3.05, 3.63) is 41.9 Å². The maximum atomic E-state index is 11.8. The molecule has 0 fully saturated rings. The lowest BCUT2D eigenvalue weighted by molar-refractivity contribution is 0.102. The van der Waals surface area contributed by atoms with Gasteiger partial charge in [-0.1, -0.05) is 0 Å². The Morgan fingerprint density at radius 1 is 1.22 bits per heavy atom. The van der Waals surface area contributed by atoms with Gasteiger partial charge in [0.2, 0.25) is 0 Å². The molecule has 0 atom stereocenters. The van der Waals surface area contributed by atoms with Crippen molar-refractivity contribution in [1.82, 2.24) is 15.2 Å². The van der Waals surface area contributed by atoms with Crippen LogP contribution in [0.4, 0.5) is 11.5 Å². The summed E-state index contributed by atoms with van der Waals surface area (Å²) in [5.74, 6) is 5.19. The molecular weight excluding hydrogens is 232 g/mol. The maximum absolute atomic E-state index is 11.8. The zero-order valence-corrected chi connectivity index (χ0v) is 9.71. The Bertz CT molecular complexity index is 536. The highest BCUT2D eigenvalue weighted by Gasteiger charge is 2.08. The van der Waals surface area contributed by atoms with Crippen LogP contribution in [-0.4, -0.2) is 21.1 Å². The smallest absolute Gasteiger partial charge is 0.276 e. The number of aromatic nitrogens is 3. The molecule has 7 heteroatoms. The van der Waals surface area contributed by atoms with Gasteiger partial charge in [0, 0.05) is 5.69 Å². The van der Waals surface area contributed by atoms with E-state index in [9.17, 15) is 4.79 Å². The minimum absolute atomic E-state index is 0.203. The predicted octanol–water partition coefficient (Wildman–Crippen LogP) is 0.718. The summed E-state index contributed by atoms with van der Waals surface area (Å²) in [6.07, 6.45) is 1.58. The molecule has 0 aliphatic carbocycles. The molecule has 0 saturated carbocycles. The van der Waals surface area contributed by atoms with Crippen LogP contribution in [-0.2, 0) is 0 Å². The number of nitrogens with one attached hydrogen (secondary N) is 2. The summed E-state index contributed by atoms with van der Waals surface area (Å²) in [7, 11) is 0. The number of hydrazine groups is 1. The van der Waals surface area contributed by atoms with Crippen LogP contribution in [0.5, 0.6) is 0 Å². The lowest BCUT2D eigenvalue weighted by Gasteiger charge is -2.04. The van der Waals surface area contributed by atoms with Gasteiger partial charge >= 0.3 is 0 Å². The minimum Gasteiger partial charge on any atom is -0.319 e. The van der Waals surface area contributed by atoms with E-state index in [0.29, 0.717) is 11.5 Å². The van der Waals surface area contributed by atoms with Gasteiger partial charge < -0.3 is 10.7 Å². The van der Waals surface area contributed by atoms with E-state index in [4.69, 9.17) is 5.84 Å². The van der Waals surface area contributed by atoms with Crippen LogP contribution in [0, 0.1) is 6.92 Å². The first kappa shape index (κ1) is 11.9. The molecular formula is C11H12N6O. The second-order valence-electron chi connectivity index (χ2n) is 3.59. The Hall–Kier alpha value is -2.54. The number of pyridine rings is 1. The van der Waals surface area contributed by atoms with Crippen LogP contribution in [0.1, 0.15) is 16.2 Å². The number of amides is 1. The second-order valence-corrected chi connectivity index (χ2v) is 3.59. The highest BCUT2D eigenvalue weighted by Crippen LogP contribution is 2.08. The Labute approximate surface area is 103 Å². The third-order valence-corrected chi connectivity index (χ3v) is 2.21. The molecule has 0 unspecified atom stereocenters. The Balaban J connectivity index is 2.09. The summed E-state index contributed by atoms with van der Waals surface area (Å²) in [4.78, 5) is 15.9. The van der Waals surface area contributed by atoms with Gasteiger partial charge in [-0.05, 0) is 31.2 Å². The van der Waals surface area contributed by atoms with E-state index in [1.54, 1.807) is 18.3 Å². The fourth-order valence-corrected chi connectivity index (χ4v) is 1.27. The first-order valence-corrected chi connectivity index (χ1v) is 5.23. The third-order valence-electron chi connectivity index (χ3n) is 2.21. The number of anilines is 2. The van der Waals surface area contributed by atoms with Crippen molar-refractivity contribution < 1.29 is 4.79 Å². The van der Waals surface area contributed by atoms with Crippen molar-refractivity contribution in [3.8, 4) is 0 Å². The molecule has 0 bridgehead atoms. The predicted molar refractivity (Wildman–Crippen MR) is 66.8 cm³/mol. The largest absolute Gasteiger partial charge is 0.319 e. The molecule has 2 rings (SSSR count). The number of carbonyl (C=O) groups is 1. The van der Waals surface area contributed by atoms with Crippen LogP contribution in [0.25, 0.3) is 0 Å². The average Bonchev–Trinajstić information content (AvgIpc) is 2.41. The van der Waals surface area contributed by atoms with Crippen molar-refractivity contribution in [1.29, 1.82) is 0 Å². The zero-order valence-electron chi connectivity index (χ0n) is 9.71. The van der Waals surface area contributed by atoms with Gasteiger partial charge in [-0.25, -0.2) is 5.84 Å². The number of nitrogens with two attached hydrogens (primary N) is 1. The van der Waals surface area contributed by atoms with E-state index in [2.05, 4.69) is 25.9 Å². The molecule has 1 amide bonds. The van der Waals surface area contributed by atoms with Gasteiger partial charge in [0.25, 0.3) is 5.91 Å². The van der Waals surface area contributed by atoms with Gasteiger partial charge in [-0.3, -0.25) is 9.78 Å². The quantitative estimate of drug-likeness (QED) is 0.542. The molecule has 0 saturated heterocycles. The lowest BCUT2D eigenvalue weighted by atomic mass is 10.3. The highest BCUT2D eigenvalue weighted by molar-refractivity contribution is 6.02. The molecule has 2 aromatic heterocycles. The third kappa shape index (κ3) is 2.77. The number of hydrogen-bond acceptors (Lipinski definition) is 6. The number of rotatable bonds is 3. The molecule has 0 aromatic carbocycles. The fraction of sp³-hybridized carbons (Fsp3) is 0.0909. The minimum atomic E-state index is -0.350. The van der Waals surface area contributed by atoms with Crippen LogP contribution >= 0.6 is 0 Å². The van der Waals surface area contributed by atoms with Gasteiger partial charge in [-0.15, -0.1) is 10.2 Å². The van der Waals surface area contributed by atoms with E-state index in [1.807, 2.05) is 13.0 Å². The SMILES string of the molecule is Cc1ccc(NC(=O)c2ccc(NN)nn2)cn1. The van der Waals surface area contributed by atoms with Crippen molar-refractivity contribution >= 4 is 17.4 Å². The van der Waals surface area contributed by atoms with Crippen LogP contribution < -0.4 is 16.6 Å².